The maximum absolute atomic E-state index is 4.30. The van der Waals surface area contributed by atoms with Gasteiger partial charge in [-0.1, -0.05) is 38.0 Å². The van der Waals surface area contributed by atoms with E-state index in [1.54, 1.807) is 0 Å². The van der Waals surface area contributed by atoms with Gasteiger partial charge in [-0.15, -0.1) is 0 Å². The average Bonchev–Trinajstić information content (AvgIpc) is 3.12. The minimum Gasteiger partial charge on any atom is -0.382 e. The van der Waals surface area contributed by atoms with Gasteiger partial charge in [0.1, 0.15) is 0 Å². The van der Waals surface area contributed by atoms with Gasteiger partial charge in [-0.2, -0.15) is 5.10 Å². The second-order valence-electron chi connectivity index (χ2n) is 5.71. The molecular formula is C17H23N3. The molecule has 3 nitrogen and oxygen atoms in total. The van der Waals surface area contributed by atoms with Crippen molar-refractivity contribution in [3.05, 3.63) is 48.3 Å². The largest absolute Gasteiger partial charge is 0.382 e. The lowest BCUT2D eigenvalue weighted by atomic mass is 10.00. The lowest BCUT2D eigenvalue weighted by molar-refractivity contribution is 0.488. The van der Waals surface area contributed by atoms with Crippen molar-refractivity contribution < 1.29 is 0 Å². The maximum Gasteiger partial charge on any atom is 0.0679 e. The van der Waals surface area contributed by atoms with E-state index in [4.69, 9.17) is 0 Å². The van der Waals surface area contributed by atoms with Gasteiger partial charge >= 0.3 is 0 Å². The molecule has 3 heteroatoms. The van der Waals surface area contributed by atoms with Crippen LogP contribution in [0, 0.1) is 5.92 Å². The van der Waals surface area contributed by atoms with Crippen LogP contribution in [0.2, 0.25) is 0 Å². The maximum atomic E-state index is 4.30. The fraction of sp³-hybridized carbons (Fsp3) is 0.471. The molecule has 2 aromatic rings. The number of nitrogens with one attached hydrogen (secondary N) is 1. The Morgan fingerprint density at radius 1 is 1.25 bits per heavy atom. The smallest absolute Gasteiger partial charge is 0.0679 e. The fourth-order valence-electron chi connectivity index (χ4n) is 3.28. The van der Waals surface area contributed by atoms with E-state index in [0.29, 0.717) is 6.04 Å². The van der Waals surface area contributed by atoms with Crippen molar-refractivity contribution in [3.63, 3.8) is 0 Å². The van der Waals surface area contributed by atoms with E-state index in [1.165, 1.54) is 36.9 Å². The highest BCUT2D eigenvalue weighted by Crippen LogP contribution is 2.31. The SMILES string of the molecule is CCC1CCCC1Nc1ccccc1Cn1cccn1. The third kappa shape index (κ3) is 2.87. The molecule has 1 saturated carbocycles. The zero-order chi connectivity index (χ0) is 13.8. The molecule has 2 atom stereocenters. The van der Waals surface area contributed by atoms with Crippen LogP contribution in [0.4, 0.5) is 5.69 Å². The van der Waals surface area contributed by atoms with Gasteiger partial charge in [0, 0.05) is 24.1 Å². The molecule has 0 aliphatic heterocycles. The molecular weight excluding hydrogens is 246 g/mol. The summed E-state index contributed by atoms with van der Waals surface area (Å²) in [6, 6.07) is 11.2. The van der Waals surface area contributed by atoms with E-state index < -0.39 is 0 Å². The number of hydrogen-bond donors (Lipinski definition) is 1. The molecule has 1 aromatic heterocycles. The molecule has 1 heterocycles. The topological polar surface area (TPSA) is 29.9 Å². The molecule has 0 spiro atoms. The monoisotopic (exact) mass is 269 g/mol. The van der Waals surface area contributed by atoms with Crippen molar-refractivity contribution in [2.75, 3.05) is 5.32 Å². The minimum atomic E-state index is 0.638. The summed E-state index contributed by atoms with van der Waals surface area (Å²) in [5.74, 6) is 0.827. The Bertz CT molecular complexity index is 533. The van der Waals surface area contributed by atoms with Crippen molar-refractivity contribution in [2.24, 2.45) is 5.92 Å². The van der Waals surface area contributed by atoms with Gasteiger partial charge in [0.25, 0.3) is 0 Å². The van der Waals surface area contributed by atoms with Gasteiger partial charge in [0.2, 0.25) is 0 Å². The molecule has 0 bridgehead atoms. The quantitative estimate of drug-likeness (QED) is 0.891. The van der Waals surface area contributed by atoms with Crippen LogP contribution in [-0.2, 0) is 6.54 Å². The van der Waals surface area contributed by atoms with Crippen LogP contribution in [0.3, 0.4) is 0 Å². The Morgan fingerprint density at radius 2 is 2.15 bits per heavy atom. The summed E-state index contributed by atoms with van der Waals surface area (Å²) in [7, 11) is 0. The van der Waals surface area contributed by atoms with E-state index in [0.717, 1.165) is 12.5 Å². The van der Waals surface area contributed by atoms with Gasteiger partial charge in [0.05, 0.1) is 6.54 Å². The summed E-state index contributed by atoms with van der Waals surface area (Å²) >= 11 is 0. The molecule has 1 aliphatic carbocycles. The molecule has 20 heavy (non-hydrogen) atoms. The minimum absolute atomic E-state index is 0.638. The summed E-state index contributed by atoms with van der Waals surface area (Å²) in [5, 5.41) is 8.09. The second kappa shape index (κ2) is 6.12. The first kappa shape index (κ1) is 13.2. The Balaban J connectivity index is 1.75. The van der Waals surface area contributed by atoms with E-state index in [2.05, 4.69) is 41.6 Å². The van der Waals surface area contributed by atoms with Crippen LogP contribution >= 0.6 is 0 Å². The van der Waals surface area contributed by atoms with Crippen molar-refractivity contribution >= 4 is 5.69 Å². The van der Waals surface area contributed by atoms with Gasteiger partial charge in [-0.05, 0) is 36.5 Å². The molecule has 3 rings (SSSR count). The Hall–Kier alpha value is -1.77. The van der Waals surface area contributed by atoms with Crippen molar-refractivity contribution in [3.8, 4) is 0 Å². The van der Waals surface area contributed by atoms with Crippen LogP contribution in [0.5, 0.6) is 0 Å². The molecule has 0 amide bonds. The van der Waals surface area contributed by atoms with E-state index in [1.807, 2.05) is 23.1 Å². The number of anilines is 1. The highest BCUT2D eigenvalue weighted by Gasteiger charge is 2.25. The molecule has 1 aliphatic rings. The van der Waals surface area contributed by atoms with Crippen molar-refractivity contribution in [1.82, 2.24) is 9.78 Å². The Kier molecular flexibility index (Phi) is 4.05. The van der Waals surface area contributed by atoms with Gasteiger partial charge in [0.15, 0.2) is 0 Å². The summed E-state index contributed by atoms with van der Waals surface area (Å²) in [5.41, 5.74) is 2.59. The second-order valence-corrected chi connectivity index (χ2v) is 5.71. The first-order valence-electron chi connectivity index (χ1n) is 7.68. The van der Waals surface area contributed by atoms with Gasteiger partial charge in [-0.25, -0.2) is 0 Å². The summed E-state index contributed by atoms with van der Waals surface area (Å²) < 4.78 is 1.98. The van der Waals surface area contributed by atoms with Gasteiger partial charge < -0.3 is 5.32 Å². The fourth-order valence-corrected chi connectivity index (χ4v) is 3.28. The Morgan fingerprint density at radius 3 is 2.95 bits per heavy atom. The number of aromatic nitrogens is 2. The number of para-hydroxylation sites is 1. The first-order chi connectivity index (χ1) is 9.86. The third-order valence-corrected chi connectivity index (χ3v) is 4.43. The van der Waals surface area contributed by atoms with Crippen molar-refractivity contribution in [1.29, 1.82) is 0 Å². The number of nitrogens with zero attached hydrogens (tertiary/aromatic N) is 2. The molecule has 2 unspecified atom stereocenters. The normalized spacial score (nSPS) is 22.1. The summed E-state index contributed by atoms with van der Waals surface area (Å²) in [4.78, 5) is 0. The highest BCUT2D eigenvalue weighted by atomic mass is 15.3. The number of benzene rings is 1. The number of hydrogen-bond acceptors (Lipinski definition) is 2. The third-order valence-electron chi connectivity index (χ3n) is 4.43. The first-order valence-corrected chi connectivity index (χ1v) is 7.68. The predicted octanol–water partition coefficient (Wildman–Crippen LogP) is 3.92. The van der Waals surface area contributed by atoms with Crippen molar-refractivity contribution in [2.45, 2.75) is 45.2 Å². The van der Waals surface area contributed by atoms with Crippen LogP contribution in [0.1, 0.15) is 38.2 Å². The van der Waals surface area contributed by atoms with E-state index in [-0.39, 0.29) is 0 Å². The Labute approximate surface area is 121 Å². The van der Waals surface area contributed by atoms with E-state index in [9.17, 15) is 0 Å². The zero-order valence-corrected chi connectivity index (χ0v) is 12.1. The summed E-state index contributed by atoms with van der Waals surface area (Å²) in [6.07, 6.45) is 9.15. The average molecular weight is 269 g/mol. The molecule has 1 N–H and O–H groups in total. The zero-order valence-electron chi connectivity index (χ0n) is 12.1. The van der Waals surface area contributed by atoms with Crippen LogP contribution < -0.4 is 5.32 Å². The molecule has 1 aromatic carbocycles. The van der Waals surface area contributed by atoms with Crippen LogP contribution in [-0.4, -0.2) is 15.8 Å². The molecule has 106 valence electrons. The molecule has 0 saturated heterocycles. The standard InChI is InChI=1S/C17H23N3/c1-2-14-8-5-10-16(14)19-17-9-4-3-7-15(17)13-20-12-6-11-18-20/h3-4,6-7,9,11-12,14,16,19H,2,5,8,10,13H2,1H3. The van der Waals surface area contributed by atoms with Crippen LogP contribution in [0.25, 0.3) is 0 Å². The number of rotatable bonds is 5. The predicted molar refractivity (Wildman–Crippen MR) is 82.8 cm³/mol. The lowest BCUT2D eigenvalue weighted by Crippen LogP contribution is -2.24. The lowest BCUT2D eigenvalue weighted by Gasteiger charge is -2.22. The molecule has 0 radical (unpaired) electrons. The van der Waals surface area contributed by atoms with Crippen LogP contribution in [0.15, 0.2) is 42.7 Å². The summed E-state index contributed by atoms with van der Waals surface area (Å²) in [6.45, 7) is 3.14. The van der Waals surface area contributed by atoms with E-state index >= 15 is 0 Å². The highest BCUT2D eigenvalue weighted by molar-refractivity contribution is 5.52. The van der Waals surface area contributed by atoms with Gasteiger partial charge in [-0.3, -0.25) is 4.68 Å². The molecule has 1 fully saturated rings.